The van der Waals surface area contributed by atoms with Crippen LogP contribution in [0.2, 0.25) is 0 Å². The van der Waals surface area contributed by atoms with Gasteiger partial charge in [-0.1, -0.05) is 50.1 Å². The van der Waals surface area contributed by atoms with Gasteiger partial charge in [-0.3, -0.25) is 9.59 Å². The fourth-order valence-corrected chi connectivity index (χ4v) is 7.47. The number of carbonyl (C=O) groups is 2. The van der Waals surface area contributed by atoms with Gasteiger partial charge in [0, 0.05) is 24.4 Å². The predicted octanol–water partition coefficient (Wildman–Crippen LogP) is 4.46. The van der Waals surface area contributed by atoms with Crippen molar-refractivity contribution in [2.45, 2.75) is 83.5 Å². The third-order valence-electron chi connectivity index (χ3n) is 8.03. The number of aryl methyl sites for hydroxylation is 1. The Labute approximate surface area is 188 Å². The summed E-state index contributed by atoms with van der Waals surface area (Å²) < 4.78 is 0. The largest absolute Gasteiger partial charge is 0.334 e. The molecule has 2 bridgehead atoms. The quantitative estimate of drug-likeness (QED) is 0.713. The molecule has 5 nitrogen and oxygen atoms in total. The van der Waals surface area contributed by atoms with Crippen LogP contribution in [0.5, 0.6) is 0 Å². The van der Waals surface area contributed by atoms with Gasteiger partial charge in [0.05, 0.1) is 23.3 Å². The summed E-state index contributed by atoms with van der Waals surface area (Å²) in [6.07, 6.45) is 6.06. The standard InChI is InChI=1S/C25H31N3O2S/c1-16-23(31-15-26-16)24(30)28-20-14-25(3)21(11-7-8-12-22(25)28)27(17(2)29)19(20)13-18-9-5-4-6-10-18/h4-6,9-10,15,19-22H,7-8,11-14H2,1-3H3/t19-,20+,21-,22+,25-/m1/s1. The minimum atomic E-state index is -0.0473. The van der Waals surface area contributed by atoms with Gasteiger partial charge in [-0.25, -0.2) is 4.98 Å². The topological polar surface area (TPSA) is 53.5 Å². The van der Waals surface area contributed by atoms with Crippen LogP contribution in [-0.2, 0) is 11.2 Å². The number of benzene rings is 1. The zero-order chi connectivity index (χ0) is 21.8. The van der Waals surface area contributed by atoms with E-state index in [1.807, 2.05) is 13.0 Å². The van der Waals surface area contributed by atoms with Crippen LogP contribution in [0.3, 0.4) is 0 Å². The summed E-state index contributed by atoms with van der Waals surface area (Å²) in [6, 6.07) is 10.9. The summed E-state index contributed by atoms with van der Waals surface area (Å²) in [6.45, 7) is 5.97. The first-order valence-corrected chi connectivity index (χ1v) is 12.4. The predicted molar refractivity (Wildman–Crippen MR) is 122 cm³/mol. The average Bonchev–Trinajstić information content (AvgIpc) is 3.23. The van der Waals surface area contributed by atoms with E-state index in [2.05, 4.69) is 46.0 Å². The van der Waals surface area contributed by atoms with E-state index in [1.54, 1.807) is 12.4 Å². The maximum Gasteiger partial charge on any atom is 0.266 e. The van der Waals surface area contributed by atoms with E-state index in [9.17, 15) is 9.59 Å². The van der Waals surface area contributed by atoms with Crippen molar-refractivity contribution in [3.8, 4) is 0 Å². The van der Waals surface area contributed by atoms with E-state index in [1.165, 1.54) is 16.9 Å². The second-order valence-corrected chi connectivity index (χ2v) is 10.6. The van der Waals surface area contributed by atoms with Crippen molar-refractivity contribution < 1.29 is 9.59 Å². The van der Waals surface area contributed by atoms with Gasteiger partial charge in [0.15, 0.2) is 0 Å². The molecule has 5 atom stereocenters. The zero-order valence-electron chi connectivity index (χ0n) is 18.6. The summed E-state index contributed by atoms with van der Waals surface area (Å²) >= 11 is 1.44. The number of carbonyl (C=O) groups excluding carboxylic acids is 2. The number of aromatic nitrogens is 1. The third kappa shape index (κ3) is 3.22. The number of hydrogen-bond donors (Lipinski definition) is 0. The first kappa shape index (κ1) is 20.7. The third-order valence-corrected chi connectivity index (χ3v) is 8.95. The molecule has 31 heavy (non-hydrogen) atoms. The van der Waals surface area contributed by atoms with Crippen LogP contribution in [0.15, 0.2) is 35.8 Å². The smallest absolute Gasteiger partial charge is 0.266 e. The number of nitrogens with zero attached hydrogens (tertiary/aromatic N) is 3. The highest BCUT2D eigenvalue weighted by Gasteiger charge is 2.63. The number of fused-ring (bicyclic) bond motifs is 1. The van der Waals surface area contributed by atoms with Gasteiger partial charge in [-0.2, -0.15) is 0 Å². The highest BCUT2D eigenvalue weighted by atomic mass is 32.1. The molecule has 1 aromatic heterocycles. The molecule has 3 aliphatic rings. The van der Waals surface area contributed by atoms with E-state index in [0.717, 1.165) is 49.1 Å². The number of thiazole rings is 1. The first-order valence-electron chi connectivity index (χ1n) is 11.5. The van der Waals surface area contributed by atoms with Gasteiger partial charge < -0.3 is 9.80 Å². The second-order valence-electron chi connectivity index (χ2n) is 9.76. The van der Waals surface area contributed by atoms with Crippen molar-refractivity contribution in [3.63, 3.8) is 0 Å². The molecule has 164 valence electrons. The van der Waals surface area contributed by atoms with Crippen molar-refractivity contribution >= 4 is 23.2 Å². The average molecular weight is 438 g/mol. The van der Waals surface area contributed by atoms with Gasteiger partial charge in [0.25, 0.3) is 5.91 Å². The van der Waals surface area contributed by atoms with Crippen LogP contribution in [0.1, 0.15) is 66.9 Å². The van der Waals surface area contributed by atoms with Crippen molar-refractivity contribution in [2.24, 2.45) is 5.41 Å². The molecule has 3 heterocycles. The van der Waals surface area contributed by atoms with Crippen LogP contribution < -0.4 is 0 Å². The highest BCUT2D eigenvalue weighted by Crippen LogP contribution is 2.56. The van der Waals surface area contributed by atoms with Gasteiger partial charge >= 0.3 is 0 Å². The summed E-state index contributed by atoms with van der Waals surface area (Å²) in [5.41, 5.74) is 3.76. The fourth-order valence-electron chi connectivity index (χ4n) is 6.72. The Balaban J connectivity index is 1.62. The molecule has 2 aliphatic heterocycles. The number of hydrogen-bond acceptors (Lipinski definition) is 4. The minimum absolute atomic E-state index is 0.0123. The maximum absolute atomic E-state index is 13.9. The Morgan fingerprint density at radius 1 is 1.13 bits per heavy atom. The molecule has 2 aromatic rings. The van der Waals surface area contributed by atoms with E-state index in [4.69, 9.17) is 0 Å². The number of rotatable bonds is 3. The van der Waals surface area contributed by atoms with Gasteiger partial charge in [0.2, 0.25) is 5.91 Å². The lowest BCUT2D eigenvalue weighted by atomic mass is 9.69. The Bertz CT molecular complexity index is 990. The molecule has 0 unspecified atom stereocenters. The minimum Gasteiger partial charge on any atom is -0.334 e. The molecular weight excluding hydrogens is 406 g/mol. The van der Waals surface area contributed by atoms with Crippen LogP contribution in [-0.4, -0.2) is 50.8 Å². The zero-order valence-corrected chi connectivity index (χ0v) is 19.4. The fraction of sp³-hybridized carbons (Fsp3) is 0.560. The number of piperidine rings is 1. The molecule has 1 aliphatic carbocycles. The molecule has 0 spiro atoms. The summed E-state index contributed by atoms with van der Waals surface area (Å²) in [4.78, 5) is 36.4. The Morgan fingerprint density at radius 3 is 2.42 bits per heavy atom. The summed E-state index contributed by atoms with van der Waals surface area (Å²) in [5, 5.41) is 0. The lowest BCUT2D eigenvalue weighted by molar-refractivity contribution is -0.141. The molecule has 2 saturated heterocycles. The highest BCUT2D eigenvalue weighted by molar-refractivity contribution is 7.11. The molecule has 5 rings (SSSR count). The molecule has 6 heteroatoms. The van der Waals surface area contributed by atoms with E-state index in [0.29, 0.717) is 0 Å². The van der Waals surface area contributed by atoms with Gasteiger partial charge in [-0.05, 0) is 38.2 Å². The normalized spacial score (nSPS) is 32.1. The van der Waals surface area contributed by atoms with Gasteiger partial charge in [-0.15, -0.1) is 11.3 Å². The van der Waals surface area contributed by atoms with Crippen LogP contribution in [0.4, 0.5) is 0 Å². The van der Waals surface area contributed by atoms with Crippen molar-refractivity contribution in [2.75, 3.05) is 0 Å². The van der Waals surface area contributed by atoms with Crippen LogP contribution in [0.25, 0.3) is 0 Å². The Kier molecular flexibility index (Phi) is 5.16. The molecule has 1 aromatic carbocycles. The Morgan fingerprint density at radius 2 is 1.81 bits per heavy atom. The summed E-state index contributed by atoms with van der Waals surface area (Å²) in [5.74, 6) is 0.258. The monoisotopic (exact) mass is 437 g/mol. The van der Waals surface area contributed by atoms with Gasteiger partial charge in [0.1, 0.15) is 4.88 Å². The van der Waals surface area contributed by atoms with E-state index in [-0.39, 0.29) is 41.4 Å². The lowest BCUT2D eigenvalue weighted by Gasteiger charge is -2.50. The van der Waals surface area contributed by atoms with Crippen LogP contribution in [0, 0.1) is 12.3 Å². The summed E-state index contributed by atoms with van der Waals surface area (Å²) in [7, 11) is 0. The molecule has 0 N–H and O–H groups in total. The van der Waals surface area contributed by atoms with E-state index >= 15 is 0 Å². The molecule has 1 saturated carbocycles. The Hall–Kier alpha value is -2.21. The first-order chi connectivity index (χ1) is 14.9. The molecule has 2 amide bonds. The van der Waals surface area contributed by atoms with Crippen molar-refractivity contribution in [1.82, 2.24) is 14.8 Å². The molecule has 3 fully saturated rings. The van der Waals surface area contributed by atoms with E-state index < -0.39 is 0 Å². The van der Waals surface area contributed by atoms with Crippen LogP contribution >= 0.6 is 11.3 Å². The molecule has 0 radical (unpaired) electrons. The second kappa shape index (κ2) is 7.73. The lowest BCUT2D eigenvalue weighted by Crippen LogP contribution is -2.61. The number of likely N-dealkylation sites (tertiary alicyclic amines) is 2. The van der Waals surface area contributed by atoms with Crippen molar-refractivity contribution in [3.05, 3.63) is 52.0 Å². The van der Waals surface area contributed by atoms with Crippen molar-refractivity contribution in [1.29, 1.82) is 0 Å². The number of amides is 2. The maximum atomic E-state index is 13.9. The molecular formula is C25H31N3O2S. The SMILES string of the molecule is CC(=O)N1[C@H](Cc2ccccc2)[C@@H]2C[C@@]3(C)[C@H](CCCC[C@@H]13)N2C(=O)c1scnc1C.